The van der Waals surface area contributed by atoms with Crippen LogP contribution in [-0.4, -0.2) is 58.6 Å². The molecule has 6 heteroatoms. The van der Waals surface area contributed by atoms with Crippen molar-refractivity contribution in [3.8, 4) is 0 Å². The predicted octanol–water partition coefficient (Wildman–Crippen LogP) is 0.715. The normalized spacial score (nSPS) is 29.4. The molecular formula is C13H23N3O3. The first-order valence-corrected chi connectivity index (χ1v) is 7.03. The number of carbonyl (C=O) groups excluding carboxylic acids is 1. The lowest BCUT2D eigenvalue weighted by molar-refractivity contribution is -0.143. The monoisotopic (exact) mass is 269 g/mol. The summed E-state index contributed by atoms with van der Waals surface area (Å²) in [5.41, 5.74) is 5.84. The molecule has 3 N–H and O–H groups in total. The second-order valence-corrected chi connectivity index (χ2v) is 5.71. The van der Waals surface area contributed by atoms with E-state index < -0.39 is 5.97 Å². The number of likely N-dealkylation sites (tertiary alicyclic amines) is 2. The van der Waals surface area contributed by atoms with Crippen molar-refractivity contribution in [2.75, 3.05) is 19.6 Å². The van der Waals surface area contributed by atoms with Crippen molar-refractivity contribution in [2.24, 2.45) is 11.7 Å². The number of carboxylic acid groups (broad SMARTS) is 1. The second kappa shape index (κ2) is 5.77. The van der Waals surface area contributed by atoms with Gasteiger partial charge in [0.2, 0.25) is 0 Å². The first-order valence-electron chi connectivity index (χ1n) is 7.03. The van der Waals surface area contributed by atoms with Crippen LogP contribution in [0.5, 0.6) is 0 Å². The van der Waals surface area contributed by atoms with Gasteiger partial charge in [-0.25, -0.2) is 4.79 Å². The standard InChI is InChI=1S/C13H23N3O3/c1-9-8-10(12(17)18)2-7-16(9)13(19)15-5-3-11(14)4-6-15/h9-11H,2-8,14H2,1H3,(H,17,18). The highest BCUT2D eigenvalue weighted by Gasteiger charge is 2.34. The zero-order chi connectivity index (χ0) is 14.0. The van der Waals surface area contributed by atoms with Crippen LogP contribution in [-0.2, 0) is 4.79 Å². The molecule has 6 nitrogen and oxygen atoms in total. The van der Waals surface area contributed by atoms with E-state index >= 15 is 0 Å². The van der Waals surface area contributed by atoms with Gasteiger partial charge in [-0.15, -0.1) is 0 Å². The van der Waals surface area contributed by atoms with Gasteiger partial charge in [0.05, 0.1) is 5.92 Å². The molecular weight excluding hydrogens is 246 g/mol. The lowest BCUT2D eigenvalue weighted by atomic mass is 9.92. The molecule has 108 valence electrons. The summed E-state index contributed by atoms with van der Waals surface area (Å²) in [6, 6.07) is 0.250. The zero-order valence-corrected chi connectivity index (χ0v) is 11.4. The average Bonchev–Trinajstić information content (AvgIpc) is 2.38. The third-order valence-electron chi connectivity index (χ3n) is 4.28. The van der Waals surface area contributed by atoms with Gasteiger partial charge < -0.3 is 20.6 Å². The molecule has 19 heavy (non-hydrogen) atoms. The Kier molecular flexibility index (Phi) is 4.29. The van der Waals surface area contributed by atoms with Crippen LogP contribution in [0.1, 0.15) is 32.6 Å². The molecule has 0 saturated carbocycles. The van der Waals surface area contributed by atoms with Crippen LogP contribution in [0, 0.1) is 5.92 Å². The zero-order valence-electron chi connectivity index (χ0n) is 11.4. The summed E-state index contributed by atoms with van der Waals surface area (Å²) >= 11 is 0. The summed E-state index contributed by atoms with van der Waals surface area (Å²) in [6.07, 6.45) is 2.81. The Labute approximate surface area is 113 Å². The molecule has 2 aliphatic rings. The Morgan fingerprint density at radius 2 is 1.79 bits per heavy atom. The number of amides is 2. The number of urea groups is 1. The SMILES string of the molecule is CC1CC(C(=O)O)CCN1C(=O)N1CCC(N)CC1. The molecule has 2 heterocycles. The van der Waals surface area contributed by atoms with Crippen molar-refractivity contribution in [1.82, 2.24) is 9.80 Å². The van der Waals surface area contributed by atoms with Gasteiger partial charge in [0.15, 0.2) is 0 Å². The minimum absolute atomic E-state index is 0.00190. The molecule has 0 aromatic heterocycles. The van der Waals surface area contributed by atoms with E-state index in [2.05, 4.69) is 0 Å². The molecule has 2 aliphatic heterocycles. The van der Waals surface area contributed by atoms with Crippen LogP contribution >= 0.6 is 0 Å². The van der Waals surface area contributed by atoms with E-state index in [1.165, 1.54) is 0 Å². The Morgan fingerprint density at radius 1 is 1.16 bits per heavy atom. The van der Waals surface area contributed by atoms with E-state index in [1.54, 1.807) is 0 Å². The van der Waals surface area contributed by atoms with Crippen LogP contribution in [0.2, 0.25) is 0 Å². The van der Waals surface area contributed by atoms with Gasteiger partial charge in [-0.2, -0.15) is 0 Å². The van der Waals surface area contributed by atoms with Crippen molar-refractivity contribution in [1.29, 1.82) is 0 Å². The van der Waals surface area contributed by atoms with Crippen molar-refractivity contribution < 1.29 is 14.7 Å². The van der Waals surface area contributed by atoms with Gasteiger partial charge in [0.25, 0.3) is 0 Å². The first kappa shape index (κ1) is 14.1. The fraction of sp³-hybridized carbons (Fsp3) is 0.846. The molecule has 0 aromatic carbocycles. The van der Waals surface area contributed by atoms with Crippen LogP contribution in [0.3, 0.4) is 0 Å². The lowest BCUT2D eigenvalue weighted by Crippen LogP contribution is -2.54. The van der Waals surface area contributed by atoms with Crippen molar-refractivity contribution in [3.63, 3.8) is 0 Å². The minimum Gasteiger partial charge on any atom is -0.481 e. The van der Waals surface area contributed by atoms with E-state index in [-0.39, 0.29) is 24.0 Å². The van der Waals surface area contributed by atoms with Crippen molar-refractivity contribution >= 4 is 12.0 Å². The fourth-order valence-corrected chi connectivity index (χ4v) is 2.95. The topological polar surface area (TPSA) is 86.9 Å². The highest BCUT2D eigenvalue weighted by atomic mass is 16.4. The largest absolute Gasteiger partial charge is 0.481 e. The minimum atomic E-state index is -0.747. The van der Waals surface area contributed by atoms with E-state index in [4.69, 9.17) is 10.8 Å². The maximum atomic E-state index is 12.4. The Morgan fingerprint density at radius 3 is 2.32 bits per heavy atom. The summed E-state index contributed by atoms with van der Waals surface area (Å²) < 4.78 is 0. The molecule has 2 atom stereocenters. The van der Waals surface area contributed by atoms with Crippen molar-refractivity contribution in [2.45, 2.75) is 44.7 Å². The number of aliphatic carboxylic acids is 1. The Hall–Kier alpha value is -1.30. The molecule has 2 fully saturated rings. The summed E-state index contributed by atoms with van der Waals surface area (Å²) in [4.78, 5) is 27.1. The Bertz CT molecular complexity index is 353. The number of rotatable bonds is 1. The van der Waals surface area contributed by atoms with Crippen LogP contribution in [0.25, 0.3) is 0 Å². The molecule has 0 radical (unpaired) electrons. The maximum absolute atomic E-state index is 12.4. The summed E-state index contributed by atoms with van der Waals surface area (Å²) in [5.74, 6) is -1.06. The smallest absolute Gasteiger partial charge is 0.320 e. The highest BCUT2D eigenvalue weighted by Crippen LogP contribution is 2.24. The van der Waals surface area contributed by atoms with Crippen LogP contribution in [0.4, 0.5) is 4.79 Å². The van der Waals surface area contributed by atoms with Crippen LogP contribution in [0.15, 0.2) is 0 Å². The lowest BCUT2D eigenvalue weighted by Gasteiger charge is -2.41. The fourth-order valence-electron chi connectivity index (χ4n) is 2.95. The van der Waals surface area contributed by atoms with Crippen LogP contribution < -0.4 is 5.73 Å². The summed E-state index contributed by atoms with van der Waals surface area (Å²) in [5, 5.41) is 9.03. The first-order chi connectivity index (χ1) is 8.99. The molecule has 0 aliphatic carbocycles. The molecule has 2 amide bonds. The summed E-state index contributed by atoms with van der Waals surface area (Å²) in [6.45, 7) is 3.90. The highest BCUT2D eigenvalue weighted by molar-refractivity contribution is 5.76. The molecule has 2 saturated heterocycles. The quantitative estimate of drug-likeness (QED) is 0.734. The molecule has 0 spiro atoms. The van der Waals surface area contributed by atoms with Gasteiger partial charge in [0, 0.05) is 31.7 Å². The number of carbonyl (C=O) groups is 2. The predicted molar refractivity (Wildman–Crippen MR) is 70.7 cm³/mol. The molecule has 0 bridgehead atoms. The van der Waals surface area contributed by atoms with E-state index in [0.717, 1.165) is 12.8 Å². The molecule has 2 rings (SSSR count). The van der Waals surface area contributed by atoms with Gasteiger partial charge in [0.1, 0.15) is 0 Å². The average molecular weight is 269 g/mol. The number of nitrogens with two attached hydrogens (primary N) is 1. The maximum Gasteiger partial charge on any atom is 0.320 e. The number of nitrogens with zero attached hydrogens (tertiary/aromatic N) is 2. The van der Waals surface area contributed by atoms with E-state index in [0.29, 0.717) is 32.5 Å². The molecule has 0 aromatic rings. The summed E-state index contributed by atoms with van der Waals surface area (Å²) in [7, 11) is 0. The van der Waals surface area contributed by atoms with Crippen molar-refractivity contribution in [3.05, 3.63) is 0 Å². The second-order valence-electron chi connectivity index (χ2n) is 5.71. The van der Waals surface area contributed by atoms with E-state index in [1.807, 2.05) is 16.7 Å². The van der Waals surface area contributed by atoms with Gasteiger partial charge in [-0.05, 0) is 32.6 Å². The number of hydrogen-bond acceptors (Lipinski definition) is 3. The third-order valence-corrected chi connectivity index (χ3v) is 4.28. The third kappa shape index (κ3) is 3.18. The Balaban J connectivity index is 1.91. The van der Waals surface area contributed by atoms with Gasteiger partial charge in [-0.1, -0.05) is 0 Å². The van der Waals surface area contributed by atoms with E-state index in [9.17, 15) is 9.59 Å². The number of hydrogen-bond donors (Lipinski definition) is 2. The van der Waals surface area contributed by atoms with Gasteiger partial charge in [-0.3, -0.25) is 4.79 Å². The van der Waals surface area contributed by atoms with Gasteiger partial charge >= 0.3 is 12.0 Å². The number of piperidine rings is 2. The number of carboxylic acids is 1. The molecule has 2 unspecified atom stereocenters.